The van der Waals surface area contributed by atoms with Gasteiger partial charge in [0.1, 0.15) is 0 Å². The van der Waals surface area contributed by atoms with Crippen LogP contribution in [-0.4, -0.2) is 37.4 Å². The summed E-state index contributed by atoms with van der Waals surface area (Å²) in [6.07, 6.45) is 4.14. The van der Waals surface area contributed by atoms with Crippen molar-refractivity contribution >= 4 is 17.3 Å². The summed E-state index contributed by atoms with van der Waals surface area (Å²) in [6.45, 7) is 6.94. The van der Waals surface area contributed by atoms with Crippen LogP contribution in [0.15, 0.2) is 28.6 Å². The van der Waals surface area contributed by atoms with Gasteiger partial charge in [-0.15, -0.1) is 11.3 Å². The van der Waals surface area contributed by atoms with Gasteiger partial charge in [0, 0.05) is 30.7 Å². The summed E-state index contributed by atoms with van der Waals surface area (Å²) < 4.78 is 10.8. The highest BCUT2D eigenvalue weighted by molar-refractivity contribution is 7.09. The van der Waals surface area contributed by atoms with Crippen molar-refractivity contribution < 1.29 is 9.47 Å². The Bertz CT molecular complexity index is 760. The molecule has 2 heterocycles. The Hall–Kier alpha value is -2.28. The first-order valence-electron chi connectivity index (χ1n) is 9.56. The zero-order valence-electron chi connectivity index (χ0n) is 16.1. The summed E-state index contributed by atoms with van der Waals surface area (Å²) >= 11 is 1.75. The van der Waals surface area contributed by atoms with Gasteiger partial charge in [-0.25, -0.2) is 4.98 Å². The molecule has 0 saturated heterocycles. The van der Waals surface area contributed by atoms with Crippen molar-refractivity contribution in [1.29, 1.82) is 0 Å². The molecule has 0 radical (unpaired) electrons. The van der Waals surface area contributed by atoms with Crippen molar-refractivity contribution in [2.75, 3.05) is 26.4 Å². The van der Waals surface area contributed by atoms with Crippen molar-refractivity contribution in [3.8, 4) is 11.5 Å². The van der Waals surface area contributed by atoms with Crippen LogP contribution in [0.2, 0.25) is 0 Å². The van der Waals surface area contributed by atoms with E-state index in [0.29, 0.717) is 6.79 Å². The number of unbranched alkanes of at least 4 members (excludes halogenated alkanes) is 1. The molecule has 146 valence electrons. The number of nitrogens with one attached hydrogen (secondary N) is 2. The number of hydrogen-bond donors (Lipinski definition) is 2. The fourth-order valence-electron chi connectivity index (χ4n) is 2.86. The second-order valence-corrected chi connectivity index (χ2v) is 7.41. The van der Waals surface area contributed by atoms with Crippen LogP contribution in [0.5, 0.6) is 11.5 Å². The van der Waals surface area contributed by atoms with Gasteiger partial charge in [-0.1, -0.05) is 6.07 Å². The molecule has 0 amide bonds. The maximum absolute atomic E-state index is 5.43. The summed E-state index contributed by atoms with van der Waals surface area (Å²) in [4.78, 5) is 9.18. The minimum Gasteiger partial charge on any atom is -0.454 e. The molecule has 1 aliphatic rings. The number of aliphatic imine (C=N–C) groups is 1. The number of fused-ring (bicyclic) bond motifs is 1. The number of aromatic nitrogens is 1. The summed E-state index contributed by atoms with van der Waals surface area (Å²) in [5.41, 5.74) is 2.34. The van der Waals surface area contributed by atoms with E-state index in [1.165, 1.54) is 10.6 Å². The van der Waals surface area contributed by atoms with Gasteiger partial charge in [0.15, 0.2) is 17.5 Å². The van der Waals surface area contributed by atoms with Crippen LogP contribution in [0.3, 0.4) is 0 Å². The minimum absolute atomic E-state index is 0.316. The van der Waals surface area contributed by atoms with E-state index in [9.17, 15) is 0 Å². The largest absolute Gasteiger partial charge is 0.454 e. The van der Waals surface area contributed by atoms with Crippen molar-refractivity contribution in [3.63, 3.8) is 0 Å². The van der Waals surface area contributed by atoms with E-state index >= 15 is 0 Å². The van der Waals surface area contributed by atoms with Crippen LogP contribution < -0.4 is 20.1 Å². The summed E-state index contributed by atoms with van der Waals surface area (Å²) in [5.74, 6) is 2.54. The minimum atomic E-state index is 0.316. The number of rotatable bonds is 9. The molecule has 2 N–H and O–H groups in total. The predicted octanol–water partition coefficient (Wildman–Crippen LogP) is 3.30. The van der Waals surface area contributed by atoms with Crippen molar-refractivity contribution in [1.82, 2.24) is 15.6 Å². The van der Waals surface area contributed by atoms with Crippen LogP contribution in [-0.2, 0) is 12.8 Å². The van der Waals surface area contributed by atoms with Gasteiger partial charge in [-0.3, -0.25) is 4.99 Å². The molecule has 6 nitrogen and oxygen atoms in total. The predicted molar refractivity (Wildman–Crippen MR) is 110 cm³/mol. The number of guanidine groups is 1. The van der Waals surface area contributed by atoms with Gasteiger partial charge < -0.3 is 20.1 Å². The third kappa shape index (κ3) is 6.13. The SMILES string of the molecule is CCNC(=NCCCCc1nc(C)cs1)NCCc1ccc2c(c1)OCO2. The van der Waals surface area contributed by atoms with Crippen molar-refractivity contribution in [2.24, 2.45) is 4.99 Å². The lowest BCUT2D eigenvalue weighted by Crippen LogP contribution is -2.38. The molecule has 0 bridgehead atoms. The molecule has 0 aliphatic carbocycles. The van der Waals surface area contributed by atoms with E-state index in [2.05, 4.69) is 45.0 Å². The Balaban J connectivity index is 1.38. The van der Waals surface area contributed by atoms with E-state index in [-0.39, 0.29) is 0 Å². The monoisotopic (exact) mass is 388 g/mol. The third-order valence-corrected chi connectivity index (χ3v) is 5.25. The van der Waals surface area contributed by atoms with Gasteiger partial charge >= 0.3 is 0 Å². The molecule has 1 aromatic heterocycles. The van der Waals surface area contributed by atoms with Gasteiger partial charge in [0.05, 0.1) is 5.01 Å². The molecule has 27 heavy (non-hydrogen) atoms. The lowest BCUT2D eigenvalue weighted by molar-refractivity contribution is 0.174. The number of aryl methyl sites for hydroxylation is 2. The summed E-state index contributed by atoms with van der Waals surface area (Å²) in [6, 6.07) is 6.11. The van der Waals surface area contributed by atoms with Gasteiger partial charge in [-0.05, 0) is 57.2 Å². The van der Waals surface area contributed by atoms with Crippen LogP contribution in [0.25, 0.3) is 0 Å². The molecule has 1 aromatic carbocycles. The lowest BCUT2D eigenvalue weighted by Gasteiger charge is -2.11. The van der Waals surface area contributed by atoms with Gasteiger partial charge in [0.25, 0.3) is 0 Å². The highest BCUT2D eigenvalue weighted by Gasteiger charge is 2.12. The normalized spacial score (nSPS) is 13.0. The molecule has 0 spiro atoms. The Kier molecular flexibility index (Phi) is 7.33. The molecule has 7 heteroatoms. The average Bonchev–Trinajstić information content (AvgIpc) is 3.29. The molecule has 1 aliphatic heterocycles. The van der Waals surface area contributed by atoms with Gasteiger partial charge in [-0.2, -0.15) is 0 Å². The number of benzene rings is 1. The van der Waals surface area contributed by atoms with Crippen molar-refractivity contribution in [2.45, 2.75) is 39.5 Å². The molecule has 2 aromatic rings. The number of nitrogens with zero attached hydrogens (tertiary/aromatic N) is 2. The third-order valence-electron chi connectivity index (χ3n) is 4.22. The fraction of sp³-hybridized carbons (Fsp3) is 0.500. The highest BCUT2D eigenvalue weighted by Crippen LogP contribution is 2.32. The zero-order chi connectivity index (χ0) is 18.9. The number of ether oxygens (including phenoxy) is 2. The standard InChI is InChI=1S/C20H28N4O2S/c1-3-21-20(22-10-5-4-6-19-24-15(2)13-27-19)23-11-9-16-7-8-17-18(12-16)26-14-25-17/h7-8,12-13H,3-6,9-11,14H2,1-2H3,(H2,21,22,23). The van der Waals surface area contributed by atoms with E-state index in [1.807, 2.05) is 13.0 Å². The second-order valence-electron chi connectivity index (χ2n) is 6.46. The lowest BCUT2D eigenvalue weighted by atomic mass is 10.1. The molecule has 3 rings (SSSR count). The summed E-state index contributed by atoms with van der Waals surface area (Å²) in [7, 11) is 0. The van der Waals surface area contributed by atoms with E-state index in [4.69, 9.17) is 9.47 Å². The Morgan fingerprint density at radius 3 is 2.89 bits per heavy atom. The van der Waals surface area contributed by atoms with Crippen molar-refractivity contribution in [3.05, 3.63) is 39.8 Å². The quantitative estimate of drug-likeness (QED) is 0.392. The summed E-state index contributed by atoms with van der Waals surface area (Å²) in [5, 5.41) is 10.1. The first-order chi connectivity index (χ1) is 13.2. The first kappa shape index (κ1) is 19.5. The number of hydrogen-bond acceptors (Lipinski definition) is 5. The molecule has 0 saturated carbocycles. The topological polar surface area (TPSA) is 67.8 Å². The van der Waals surface area contributed by atoms with E-state index < -0.39 is 0 Å². The second kappa shape index (κ2) is 10.2. The van der Waals surface area contributed by atoms with Crippen LogP contribution in [0, 0.1) is 6.92 Å². The average molecular weight is 389 g/mol. The molecule has 0 unspecified atom stereocenters. The smallest absolute Gasteiger partial charge is 0.231 e. The van der Waals surface area contributed by atoms with E-state index in [0.717, 1.165) is 68.5 Å². The maximum atomic E-state index is 5.43. The van der Waals surface area contributed by atoms with Crippen LogP contribution >= 0.6 is 11.3 Å². The molecular weight excluding hydrogens is 360 g/mol. The fourth-order valence-corrected chi connectivity index (χ4v) is 3.68. The van der Waals surface area contributed by atoms with Crippen LogP contribution in [0.4, 0.5) is 0 Å². The maximum Gasteiger partial charge on any atom is 0.231 e. The van der Waals surface area contributed by atoms with E-state index in [1.54, 1.807) is 11.3 Å². The molecule has 0 fully saturated rings. The zero-order valence-corrected chi connectivity index (χ0v) is 16.9. The molecule has 0 atom stereocenters. The Labute approximate surface area is 165 Å². The van der Waals surface area contributed by atoms with Crippen LogP contribution in [0.1, 0.15) is 36.0 Å². The molecular formula is C20H28N4O2S. The van der Waals surface area contributed by atoms with Gasteiger partial charge in [0.2, 0.25) is 6.79 Å². The highest BCUT2D eigenvalue weighted by atomic mass is 32.1. The Morgan fingerprint density at radius 2 is 2.07 bits per heavy atom. The first-order valence-corrected chi connectivity index (χ1v) is 10.4. The number of thiazole rings is 1. The Morgan fingerprint density at radius 1 is 1.19 bits per heavy atom.